The maximum Gasteiger partial charge on any atom is 0.153 e. The van der Waals surface area contributed by atoms with Gasteiger partial charge in [0.2, 0.25) is 0 Å². The maximum absolute atomic E-state index is 5.03. The summed E-state index contributed by atoms with van der Waals surface area (Å²) in [5.41, 5.74) is 1.15. The van der Waals surface area contributed by atoms with Crippen molar-refractivity contribution in [3.8, 4) is 0 Å². The third kappa shape index (κ3) is 1.83. The molecule has 1 aromatic rings. The monoisotopic (exact) mass is 184 g/mol. The number of rotatable bonds is 2. The van der Waals surface area contributed by atoms with Gasteiger partial charge in [-0.25, -0.2) is 0 Å². The molecular formula is C9H14NOS+. The predicted molar refractivity (Wildman–Crippen MR) is 51.3 cm³/mol. The van der Waals surface area contributed by atoms with Gasteiger partial charge in [0, 0.05) is 6.07 Å². The van der Waals surface area contributed by atoms with E-state index >= 15 is 0 Å². The van der Waals surface area contributed by atoms with Gasteiger partial charge in [-0.2, -0.15) is 0 Å². The zero-order valence-electron chi connectivity index (χ0n) is 7.38. The van der Waals surface area contributed by atoms with Crippen molar-refractivity contribution in [3.05, 3.63) is 17.5 Å². The average Bonchev–Trinajstić information content (AvgIpc) is 2.63. The Morgan fingerprint density at radius 1 is 1.50 bits per heavy atom. The Morgan fingerprint density at radius 3 is 2.83 bits per heavy atom. The lowest BCUT2D eigenvalue weighted by Crippen LogP contribution is -2.06. The third-order valence-corrected chi connectivity index (χ3v) is 4.58. The molecule has 66 valence electrons. The molecule has 1 fully saturated rings. The van der Waals surface area contributed by atoms with Crippen molar-refractivity contribution >= 4 is 10.9 Å². The molecule has 1 aliphatic rings. The first-order chi connectivity index (χ1) is 5.84. The summed E-state index contributed by atoms with van der Waals surface area (Å²) < 4.78 is 5.03. The van der Waals surface area contributed by atoms with Crippen molar-refractivity contribution < 1.29 is 4.52 Å². The topological polar surface area (TPSA) is 26.0 Å². The van der Waals surface area contributed by atoms with Crippen LogP contribution in [0.4, 0.5) is 0 Å². The molecule has 0 amide bonds. The van der Waals surface area contributed by atoms with Crippen LogP contribution in [0.3, 0.4) is 0 Å². The van der Waals surface area contributed by atoms with Gasteiger partial charge in [0.25, 0.3) is 0 Å². The smallest absolute Gasteiger partial charge is 0.153 e. The molecule has 0 atom stereocenters. The molecule has 0 N–H and O–H groups in total. The molecule has 0 bridgehead atoms. The Balaban J connectivity index is 1.94. The van der Waals surface area contributed by atoms with Gasteiger partial charge in [-0.3, -0.25) is 0 Å². The standard InChI is InChI=1S/C9H14NOS/c1-8-6-9(10-11-8)7-12-4-2-3-5-12/h6H,2-5,7H2,1H3/q+1. The van der Waals surface area contributed by atoms with Crippen molar-refractivity contribution in [2.75, 3.05) is 11.5 Å². The summed E-state index contributed by atoms with van der Waals surface area (Å²) in [5, 5.41) is 4.01. The molecule has 2 rings (SSSR count). The van der Waals surface area contributed by atoms with E-state index in [0.717, 1.165) is 17.2 Å². The van der Waals surface area contributed by atoms with Crippen molar-refractivity contribution in [1.82, 2.24) is 5.16 Å². The van der Waals surface area contributed by atoms with Gasteiger partial charge in [0.1, 0.15) is 23.0 Å². The number of hydrogen-bond acceptors (Lipinski definition) is 2. The molecule has 1 aliphatic heterocycles. The van der Waals surface area contributed by atoms with E-state index in [4.69, 9.17) is 4.52 Å². The Bertz CT molecular complexity index is 253. The number of hydrogen-bond donors (Lipinski definition) is 0. The molecular weight excluding hydrogens is 170 g/mol. The summed E-state index contributed by atoms with van der Waals surface area (Å²) in [4.78, 5) is 0. The number of aryl methyl sites for hydroxylation is 1. The molecule has 2 nitrogen and oxygen atoms in total. The fourth-order valence-corrected chi connectivity index (χ4v) is 3.83. The van der Waals surface area contributed by atoms with Crippen molar-refractivity contribution in [2.24, 2.45) is 0 Å². The van der Waals surface area contributed by atoms with E-state index in [9.17, 15) is 0 Å². The van der Waals surface area contributed by atoms with Crippen molar-refractivity contribution in [3.63, 3.8) is 0 Å². The zero-order chi connectivity index (χ0) is 8.39. The summed E-state index contributed by atoms with van der Waals surface area (Å²) in [6.07, 6.45) is 2.83. The molecule has 0 aliphatic carbocycles. The van der Waals surface area contributed by atoms with E-state index in [-0.39, 0.29) is 0 Å². The molecule has 0 radical (unpaired) electrons. The van der Waals surface area contributed by atoms with Crippen LogP contribution in [-0.2, 0) is 16.6 Å². The highest BCUT2D eigenvalue weighted by atomic mass is 32.2. The van der Waals surface area contributed by atoms with Gasteiger partial charge in [-0.15, -0.1) is 0 Å². The highest BCUT2D eigenvalue weighted by Gasteiger charge is 2.25. The van der Waals surface area contributed by atoms with Crippen LogP contribution in [0.15, 0.2) is 10.6 Å². The zero-order valence-corrected chi connectivity index (χ0v) is 8.19. The number of nitrogens with zero attached hydrogens (tertiary/aromatic N) is 1. The Hall–Kier alpha value is -0.440. The number of aromatic nitrogens is 1. The summed E-state index contributed by atoms with van der Waals surface area (Å²) in [5.74, 6) is 4.91. The molecule has 12 heavy (non-hydrogen) atoms. The SMILES string of the molecule is Cc1cc(C[S+]2CCCC2)no1. The second kappa shape index (κ2) is 3.52. The lowest BCUT2D eigenvalue weighted by molar-refractivity contribution is 0.393. The third-order valence-electron chi connectivity index (χ3n) is 2.14. The first-order valence-corrected chi connectivity index (χ1v) is 6.14. The van der Waals surface area contributed by atoms with Gasteiger partial charge in [-0.1, -0.05) is 5.16 Å². The molecule has 0 unspecified atom stereocenters. The minimum absolute atomic E-state index is 0.613. The first kappa shape index (κ1) is 8.17. The van der Waals surface area contributed by atoms with Crippen LogP contribution >= 0.6 is 0 Å². The summed E-state index contributed by atoms with van der Waals surface area (Å²) in [7, 11) is 0.613. The van der Waals surface area contributed by atoms with Gasteiger partial charge < -0.3 is 4.52 Å². The van der Waals surface area contributed by atoms with Gasteiger partial charge in [0.15, 0.2) is 5.75 Å². The minimum Gasteiger partial charge on any atom is -0.361 e. The second-order valence-corrected chi connectivity index (χ2v) is 5.63. The maximum atomic E-state index is 5.03. The van der Waals surface area contributed by atoms with E-state index in [2.05, 4.69) is 11.2 Å². The fraction of sp³-hybridized carbons (Fsp3) is 0.667. The lowest BCUT2D eigenvalue weighted by Gasteiger charge is -1.94. The predicted octanol–water partition coefficient (Wildman–Crippen LogP) is 1.90. The lowest BCUT2D eigenvalue weighted by atomic mass is 10.4. The fourth-order valence-electron chi connectivity index (χ4n) is 1.55. The summed E-state index contributed by atoms with van der Waals surface area (Å²) in [6.45, 7) is 1.95. The van der Waals surface area contributed by atoms with Crippen LogP contribution in [-0.4, -0.2) is 16.7 Å². The summed E-state index contributed by atoms with van der Waals surface area (Å²) in [6, 6.07) is 2.06. The van der Waals surface area contributed by atoms with E-state index in [1.54, 1.807) is 0 Å². The minimum atomic E-state index is 0.613. The molecule has 1 aromatic heterocycles. The molecule has 1 saturated heterocycles. The largest absolute Gasteiger partial charge is 0.361 e. The van der Waals surface area contributed by atoms with E-state index < -0.39 is 0 Å². The van der Waals surface area contributed by atoms with Gasteiger partial charge in [0.05, 0.1) is 0 Å². The van der Waals surface area contributed by atoms with Crippen LogP contribution in [0.1, 0.15) is 24.3 Å². The average molecular weight is 184 g/mol. The van der Waals surface area contributed by atoms with Crippen LogP contribution < -0.4 is 0 Å². The van der Waals surface area contributed by atoms with Crippen LogP contribution in [0.25, 0.3) is 0 Å². The highest BCUT2D eigenvalue weighted by molar-refractivity contribution is 7.96. The van der Waals surface area contributed by atoms with Crippen LogP contribution in [0.5, 0.6) is 0 Å². The highest BCUT2D eigenvalue weighted by Crippen LogP contribution is 2.18. The van der Waals surface area contributed by atoms with Crippen LogP contribution in [0, 0.1) is 6.92 Å². The molecule has 0 spiro atoms. The Kier molecular flexibility index (Phi) is 2.40. The second-order valence-electron chi connectivity index (χ2n) is 3.30. The molecule has 3 heteroatoms. The molecule has 0 aromatic carbocycles. The van der Waals surface area contributed by atoms with Gasteiger partial charge in [-0.05, 0) is 30.7 Å². The Morgan fingerprint density at radius 2 is 2.25 bits per heavy atom. The van der Waals surface area contributed by atoms with E-state index in [0.29, 0.717) is 10.9 Å². The molecule has 0 saturated carbocycles. The van der Waals surface area contributed by atoms with E-state index in [1.165, 1.54) is 24.3 Å². The molecule has 2 heterocycles. The van der Waals surface area contributed by atoms with E-state index in [1.807, 2.05) is 6.92 Å². The Labute approximate surface area is 75.7 Å². The van der Waals surface area contributed by atoms with Crippen molar-refractivity contribution in [1.29, 1.82) is 0 Å². The normalized spacial score (nSPS) is 18.8. The quantitative estimate of drug-likeness (QED) is 0.656. The summed E-state index contributed by atoms with van der Waals surface area (Å²) >= 11 is 0. The van der Waals surface area contributed by atoms with Crippen molar-refractivity contribution in [2.45, 2.75) is 25.5 Å². The first-order valence-electron chi connectivity index (χ1n) is 4.41. The van der Waals surface area contributed by atoms with Crippen LogP contribution in [0.2, 0.25) is 0 Å². The van der Waals surface area contributed by atoms with Gasteiger partial charge >= 0.3 is 0 Å².